The van der Waals surface area contributed by atoms with Gasteiger partial charge in [0, 0.05) is 36.9 Å². The maximum Gasteiger partial charge on any atom is 0.241 e. The van der Waals surface area contributed by atoms with Crippen LogP contribution in [0.1, 0.15) is 67.9 Å². The maximum atomic E-state index is 14.2. The van der Waals surface area contributed by atoms with Gasteiger partial charge in [0.15, 0.2) is 0 Å². The number of benzene rings is 1. The summed E-state index contributed by atoms with van der Waals surface area (Å²) >= 11 is 1.53. The normalized spacial score (nSPS) is 25.0. The molecular formula is C27H31FN2O4S. The summed E-state index contributed by atoms with van der Waals surface area (Å²) in [5.41, 5.74) is -0.973. The minimum Gasteiger partial charge on any atom is -0.387 e. The van der Waals surface area contributed by atoms with E-state index in [1.54, 1.807) is 11.0 Å². The monoisotopic (exact) mass is 498 g/mol. The largest absolute Gasteiger partial charge is 0.387 e. The SMILES string of the molecule is O=C(CC1(c2cccc(F)c2)CC(=O)N(C2CCCC2)C1=O)N1CCC(C(O)c2cccs2)CC1. The van der Waals surface area contributed by atoms with Crippen molar-refractivity contribution in [1.29, 1.82) is 0 Å². The van der Waals surface area contributed by atoms with Crippen LogP contribution in [0.15, 0.2) is 41.8 Å². The second kappa shape index (κ2) is 9.82. The van der Waals surface area contributed by atoms with Crippen molar-refractivity contribution in [3.63, 3.8) is 0 Å². The number of imide groups is 1. The molecular weight excluding hydrogens is 467 g/mol. The summed E-state index contributed by atoms with van der Waals surface area (Å²) in [6.07, 6.45) is 4.04. The Labute approximate surface area is 208 Å². The Morgan fingerprint density at radius 1 is 1.11 bits per heavy atom. The Kier molecular flexibility index (Phi) is 6.77. The Balaban J connectivity index is 1.34. The molecule has 2 unspecified atom stereocenters. The molecule has 3 fully saturated rings. The summed E-state index contributed by atoms with van der Waals surface area (Å²) in [4.78, 5) is 44.4. The van der Waals surface area contributed by atoms with E-state index in [1.165, 1.54) is 34.4 Å². The highest BCUT2D eigenvalue weighted by Gasteiger charge is 2.56. The fraction of sp³-hybridized carbons (Fsp3) is 0.519. The fourth-order valence-corrected chi connectivity index (χ4v) is 6.88. The van der Waals surface area contributed by atoms with E-state index in [4.69, 9.17) is 0 Å². The first-order chi connectivity index (χ1) is 16.9. The van der Waals surface area contributed by atoms with Gasteiger partial charge in [-0.25, -0.2) is 4.39 Å². The third-order valence-electron chi connectivity index (χ3n) is 8.04. The molecule has 0 bridgehead atoms. The molecule has 1 aromatic carbocycles. The summed E-state index contributed by atoms with van der Waals surface area (Å²) in [5, 5.41) is 12.6. The Morgan fingerprint density at radius 2 is 1.86 bits per heavy atom. The average molecular weight is 499 g/mol. The second-order valence-electron chi connectivity index (χ2n) is 10.1. The first kappa shape index (κ1) is 24.1. The van der Waals surface area contributed by atoms with Crippen molar-refractivity contribution in [3.05, 3.63) is 58.0 Å². The number of nitrogens with zero attached hydrogens (tertiary/aromatic N) is 2. The van der Waals surface area contributed by atoms with Crippen LogP contribution in [-0.4, -0.2) is 51.8 Å². The number of likely N-dealkylation sites (tertiary alicyclic amines) is 2. The molecule has 3 amide bonds. The number of thiophene rings is 1. The first-order valence-corrected chi connectivity index (χ1v) is 13.4. The number of piperidine rings is 1. The highest BCUT2D eigenvalue weighted by molar-refractivity contribution is 7.10. The van der Waals surface area contributed by atoms with Crippen LogP contribution in [0.3, 0.4) is 0 Å². The molecule has 1 saturated carbocycles. The highest BCUT2D eigenvalue weighted by Crippen LogP contribution is 2.43. The summed E-state index contributed by atoms with van der Waals surface area (Å²) in [6.45, 7) is 0.972. The number of carbonyl (C=O) groups excluding carboxylic acids is 3. The van der Waals surface area contributed by atoms with Crippen LogP contribution in [-0.2, 0) is 19.8 Å². The summed E-state index contributed by atoms with van der Waals surface area (Å²) < 4.78 is 14.2. The van der Waals surface area contributed by atoms with Crippen LogP contribution in [0.5, 0.6) is 0 Å². The van der Waals surface area contributed by atoms with Gasteiger partial charge in [0.25, 0.3) is 0 Å². The minimum atomic E-state index is -1.37. The van der Waals surface area contributed by atoms with Crippen LogP contribution in [0.25, 0.3) is 0 Å². The van der Waals surface area contributed by atoms with E-state index in [0.29, 0.717) is 31.5 Å². The van der Waals surface area contributed by atoms with Gasteiger partial charge >= 0.3 is 0 Å². The summed E-state index contributed by atoms with van der Waals surface area (Å²) in [5.74, 6) is -1.25. The highest BCUT2D eigenvalue weighted by atomic mass is 32.1. The number of hydrogen-bond donors (Lipinski definition) is 1. The lowest BCUT2D eigenvalue weighted by atomic mass is 9.75. The molecule has 35 heavy (non-hydrogen) atoms. The van der Waals surface area contributed by atoms with E-state index in [1.807, 2.05) is 17.5 Å². The molecule has 1 aromatic heterocycles. The van der Waals surface area contributed by atoms with Gasteiger partial charge in [-0.3, -0.25) is 19.3 Å². The van der Waals surface area contributed by atoms with Crippen LogP contribution < -0.4 is 0 Å². The number of carbonyl (C=O) groups is 3. The number of aliphatic hydroxyl groups is 1. The van der Waals surface area contributed by atoms with Gasteiger partial charge in [-0.05, 0) is 60.7 Å². The van der Waals surface area contributed by atoms with Crippen LogP contribution in [0, 0.1) is 11.7 Å². The molecule has 2 atom stereocenters. The smallest absolute Gasteiger partial charge is 0.241 e. The van der Waals surface area contributed by atoms with E-state index in [2.05, 4.69) is 0 Å². The molecule has 8 heteroatoms. The number of hydrogen-bond acceptors (Lipinski definition) is 5. The van der Waals surface area contributed by atoms with Gasteiger partial charge in [-0.2, -0.15) is 0 Å². The van der Waals surface area contributed by atoms with E-state index < -0.39 is 17.3 Å². The van der Waals surface area contributed by atoms with E-state index in [-0.39, 0.29) is 42.5 Å². The van der Waals surface area contributed by atoms with Gasteiger partial charge in [0.2, 0.25) is 17.7 Å². The van der Waals surface area contributed by atoms with E-state index >= 15 is 0 Å². The molecule has 1 N–H and O–H groups in total. The molecule has 6 nitrogen and oxygen atoms in total. The summed E-state index contributed by atoms with van der Waals surface area (Å²) in [6, 6.07) is 9.50. The fourth-order valence-electron chi connectivity index (χ4n) is 6.07. The average Bonchev–Trinajstić information content (AvgIpc) is 3.61. The molecule has 0 radical (unpaired) electrons. The molecule has 1 aliphatic carbocycles. The zero-order valence-corrected chi connectivity index (χ0v) is 20.5. The number of amides is 3. The molecule has 2 aromatic rings. The summed E-state index contributed by atoms with van der Waals surface area (Å²) in [7, 11) is 0. The zero-order chi connectivity index (χ0) is 24.6. The van der Waals surface area contributed by atoms with Crippen LogP contribution in [0.4, 0.5) is 4.39 Å². The lowest BCUT2D eigenvalue weighted by Crippen LogP contribution is -2.47. The van der Waals surface area contributed by atoms with E-state index in [0.717, 1.165) is 30.6 Å². The lowest BCUT2D eigenvalue weighted by Gasteiger charge is -2.36. The van der Waals surface area contributed by atoms with Gasteiger partial charge < -0.3 is 10.0 Å². The van der Waals surface area contributed by atoms with Crippen molar-refractivity contribution in [1.82, 2.24) is 9.80 Å². The molecule has 186 valence electrons. The Morgan fingerprint density at radius 3 is 2.51 bits per heavy atom. The number of aliphatic hydroxyl groups excluding tert-OH is 1. The topological polar surface area (TPSA) is 77.9 Å². The Bertz CT molecular complexity index is 1090. The van der Waals surface area contributed by atoms with Crippen molar-refractivity contribution in [2.45, 2.75) is 68.9 Å². The van der Waals surface area contributed by atoms with Crippen molar-refractivity contribution in [3.8, 4) is 0 Å². The molecule has 3 aliphatic rings. The minimum absolute atomic E-state index is 0.0717. The third kappa shape index (κ3) is 4.54. The quantitative estimate of drug-likeness (QED) is 0.606. The van der Waals surface area contributed by atoms with Crippen molar-refractivity contribution >= 4 is 29.1 Å². The Hall–Kier alpha value is -2.58. The molecule has 5 rings (SSSR count). The molecule has 2 aliphatic heterocycles. The van der Waals surface area contributed by atoms with Gasteiger partial charge in [0.05, 0.1) is 11.5 Å². The third-order valence-corrected chi connectivity index (χ3v) is 8.99. The maximum absolute atomic E-state index is 14.2. The van der Waals surface area contributed by atoms with Crippen molar-refractivity contribution in [2.75, 3.05) is 13.1 Å². The number of rotatable bonds is 6. The van der Waals surface area contributed by atoms with Gasteiger partial charge in [-0.15, -0.1) is 11.3 Å². The van der Waals surface area contributed by atoms with Gasteiger partial charge in [-0.1, -0.05) is 31.0 Å². The molecule has 3 heterocycles. The predicted molar refractivity (Wildman–Crippen MR) is 130 cm³/mol. The second-order valence-corrected chi connectivity index (χ2v) is 11.1. The van der Waals surface area contributed by atoms with Crippen molar-refractivity contribution in [2.24, 2.45) is 5.92 Å². The number of halogens is 1. The zero-order valence-electron chi connectivity index (χ0n) is 19.7. The first-order valence-electron chi connectivity index (χ1n) is 12.5. The molecule has 2 saturated heterocycles. The predicted octanol–water partition coefficient (Wildman–Crippen LogP) is 4.19. The van der Waals surface area contributed by atoms with E-state index in [9.17, 15) is 23.9 Å². The molecule has 0 spiro atoms. The van der Waals surface area contributed by atoms with Gasteiger partial charge in [0.1, 0.15) is 5.82 Å². The van der Waals surface area contributed by atoms with Crippen LogP contribution in [0.2, 0.25) is 0 Å². The van der Waals surface area contributed by atoms with Crippen LogP contribution >= 0.6 is 11.3 Å². The lowest BCUT2D eigenvalue weighted by molar-refractivity contribution is -0.145. The van der Waals surface area contributed by atoms with Crippen molar-refractivity contribution < 1.29 is 23.9 Å². The standard InChI is InChI=1S/C27H31FN2O4S/c28-20-6-3-5-19(15-20)27(17-24(32)30(26(27)34)21-7-1-2-8-21)16-23(31)29-12-10-18(11-13-29)25(33)22-9-4-14-35-22/h3-6,9,14-15,18,21,25,33H,1-2,7-8,10-13,16-17H2.